The van der Waals surface area contributed by atoms with E-state index >= 15 is 0 Å². The summed E-state index contributed by atoms with van der Waals surface area (Å²) in [5.74, 6) is -1.66. The number of hydrogen-bond acceptors (Lipinski definition) is 7. The van der Waals surface area contributed by atoms with Crippen LogP contribution in [0.15, 0.2) is 70.6 Å². The number of carbonyl (C=O) groups is 2. The average molecular weight is 583 g/mol. The van der Waals surface area contributed by atoms with Crippen molar-refractivity contribution in [3.05, 3.63) is 71.3 Å². The summed E-state index contributed by atoms with van der Waals surface area (Å²) >= 11 is 6.26. The molecule has 2 saturated heterocycles. The first-order chi connectivity index (χ1) is 18.7. The van der Waals surface area contributed by atoms with Gasteiger partial charge in [0.1, 0.15) is 16.6 Å². The Morgan fingerprint density at radius 1 is 1.05 bits per heavy atom. The van der Waals surface area contributed by atoms with Crippen molar-refractivity contribution in [1.29, 1.82) is 0 Å². The number of carboxylic acids is 1. The van der Waals surface area contributed by atoms with Gasteiger partial charge in [0.15, 0.2) is 0 Å². The zero-order valence-corrected chi connectivity index (χ0v) is 23.3. The van der Waals surface area contributed by atoms with E-state index in [2.05, 4.69) is 0 Å². The fourth-order valence-electron chi connectivity index (χ4n) is 4.58. The maximum atomic E-state index is 13.5. The highest BCUT2D eigenvalue weighted by Crippen LogP contribution is 2.35. The van der Waals surface area contributed by atoms with Gasteiger partial charge in [-0.25, -0.2) is 13.1 Å². The largest absolute Gasteiger partial charge is 0.480 e. The Morgan fingerprint density at radius 2 is 1.77 bits per heavy atom. The van der Waals surface area contributed by atoms with Gasteiger partial charge in [-0.15, -0.1) is 0 Å². The maximum Gasteiger partial charge on any atom is 0.323 e. The Kier molecular flexibility index (Phi) is 7.98. The summed E-state index contributed by atoms with van der Waals surface area (Å²) in [6.07, 6.45) is 7.09. The number of thiocarbonyl (C=S) groups is 1. The number of carboxylic acid groups (broad SMARTS) is 1. The Bertz CT molecular complexity index is 1560. The van der Waals surface area contributed by atoms with E-state index in [-0.39, 0.29) is 14.1 Å². The van der Waals surface area contributed by atoms with Crippen LogP contribution < -0.4 is 0 Å². The minimum Gasteiger partial charge on any atom is -0.480 e. The monoisotopic (exact) mass is 582 g/mol. The number of aromatic nitrogens is 2. The smallest absolute Gasteiger partial charge is 0.323 e. The second kappa shape index (κ2) is 11.4. The summed E-state index contributed by atoms with van der Waals surface area (Å²) in [5, 5.41) is 13.9. The number of hydrogen-bond donors (Lipinski definition) is 1. The molecular formula is C27H26N4O5S3. The molecule has 1 amide bonds. The predicted octanol–water partition coefficient (Wildman–Crippen LogP) is 4.39. The first-order valence-electron chi connectivity index (χ1n) is 12.5. The van der Waals surface area contributed by atoms with E-state index in [1.807, 2.05) is 30.3 Å². The molecule has 2 fully saturated rings. The van der Waals surface area contributed by atoms with E-state index in [0.717, 1.165) is 48.0 Å². The SMILES string of the molecule is O=C(O)CN1C(=O)C(=Cc2cn(-c3ccccc3)nc2-c2cccc(S(=O)(=O)N3CCCCCC3)c2)SC1=S. The van der Waals surface area contributed by atoms with Gasteiger partial charge in [-0.2, -0.15) is 9.40 Å². The van der Waals surface area contributed by atoms with Crippen LogP contribution in [0.25, 0.3) is 23.0 Å². The Labute approximate surface area is 236 Å². The molecule has 2 aromatic carbocycles. The average Bonchev–Trinajstić information content (AvgIpc) is 3.30. The molecule has 0 aliphatic carbocycles. The van der Waals surface area contributed by atoms with E-state index < -0.39 is 28.4 Å². The van der Waals surface area contributed by atoms with Crippen molar-refractivity contribution in [3.8, 4) is 16.9 Å². The zero-order chi connectivity index (χ0) is 27.6. The van der Waals surface area contributed by atoms with E-state index in [4.69, 9.17) is 22.4 Å². The van der Waals surface area contributed by atoms with Gasteiger partial charge in [0.05, 0.1) is 15.5 Å². The molecule has 3 heterocycles. The number of nitrogens with zero attached hydrogens (tertiary/aromatic N) is 4. The third kappa shape index (κ3) is 5.83. The van der Waals surface area contributed by atoms with Gasteiger partial charge in [-0.3, -0.25) is 14.5 Å². The first-order valence-corrected chi connectivity index (χ1v) is 15.1. The van der Waals surface area contributed by atoms with Gasteiger partial charge in [-0.05, 0) is 43.2 Å². The number of benzene rings is 2. The van der Waals surface area contributed by atoms with Gasteiger partial charge in [0.25, 0.3) is 5.91 Å². The molecule has 0 spiro atoms. The molecule has 2 aliphatic rings. The lowest BCUT2D eigenvalue weighted by Crippen LogP contribution is -2.33. The van der Waals surface area contributed by atoms with Crippen LogP contribution in [0.1, 0.15) is 31.2 Å². The number of para-hydroxylation sites is 1. The number of carbonyl (C=O) groups excluding carboxylic acids is 1. The molecule has 0 atom stereocenters. The van der Waals surface area contributed by atoms with Crippen LogP contribution in [0.5, 0.6) is 0 Å². The Hall–Kier alpha value is -3.32. The molecule has 3 aromatic rings. The van der Waals surface area contributed by atoms with E-state index in [1.165, 1.54) is 0 Å². The minimum absolute atomic E-state index is 0.163. The quantitative estimate of drug-likeness (QED) is 0.323. The van der Waals surface area contributed by atoms with Crippen LogP contribution in [-0.2, 0) is 19.6 Å². The molecule has 0 bridgehead atoms. The van der Waals surface area contributed by atoms with Crippen molar-refractivity contribution >= 4 is 56.3 Å². The summed E-state index contributed by atoms with van der Waals surface area (Å²) in [6, 6.07) is 16.1. The molecule has 202 valence electrons. The molecule has 1 aromatic heterocycles. The zero-order valence-electron chi connectivity index (χ0n) is 20.9. The van der Waals surface area contributed by atoms with Crippen molar-refractivity contribution in [1.82, 2.24) is 19.0 Å². The minimum atomic E-state index is -3.69. The van der Waals surface area contributed by atoms with Crippen LogP contribution in [-0.4, -0.2) is 68.3 Å². The van der Waals surface area contributed by atoms with Gasteiger partial charge < -0.3 is 5.11 Å². The maximum absolute atomic E-state index is 13.5. The fraction of sp³-hybridized carbons (Fsp3) is 0.259. The fourth-order valence-corrected chi connectivity index (χ4v) is 7.39. The van der Waals surface area contributed by atoms with E-state index in [9.17, 15) is 18.0 Å². The van der Waals surface area contributed by atoms with Gasteiger partial charge >= 0.3 is 5.97 Å². The predicted molar refractivity (Wildman–Crippen MR) is 154 cm³/mol. The highest BCUT2D eigenvalue weighted by molar-refractivity contribution is 8.26. The van der Waals surface area contributed by atoms with Crippen molar-refractivity contribution in [2.45, 2.75) is 30.6 Å². The van der Waals surface area contributed by atoms with Crippen molar-refractivity contribution in [2.75, 3.05) is 19.6 Å². The van der Waals surface area contributed by atoms with Crippen molar-refractivity contribution in [3.63, 3.8) is 0 Å². The molecular weight excluding hydrogens is 557 g/mol. The molecule has 0 radical (unpaired) electrons. The third-order valence-corrected chi connectivity index (χ3v) is 9.80. The summed E-state index contributed by atoms with van der Waals surface area (Å²) in [5.41, 5.74) is 2.41. The second-order valence-corrected chi connectivity index (χ2v) is 12.8. The van der Waals surface area contributed by atoms with Crippen molar-refractivity contribution in [2.24, 2.45) is 0 Å². The van der Waals surface area contributed by atoms with Crippen LogP contribution in [0.2, 0.25) is 0 Å². The van der Waals surface area contributed by atoms with Crippen LogP contribution in [0.3, 0.4) is 0 Å². The lowest BCUT2D eigenvalue weighted by molar-refractivity contribution is -0.140. The molecule has 12 heteroatoms. The first kappa shape index (κ1) is 27.3. The lowest BCUT2D eigenvalue weighted by Gasteiger charge is -2.20. The molecule has 0 saturated carbocycles. The lowest BCUT2D eigenvalue weighted by atomic mass is 10.1. The van der Waals surface area contributed by atoms with E-state index in [1.54, 1.807) is 45.5 Å². The van der Waals surface area contributed by atoms with Crippen LogP contribution in [0.4, 0.5) is 0 Å². The number of sulfonamides is 1. The molecule has 9 nitrogen and oxygen atoms in total. The number of rotatable bonds is 7. The summed E-state index contributed by atoms with van der Waals surface area (Å²) in [7, 11) is -3.69. The molecule has 0 unspecified atom stereocenters. The van der Waals surface area contributed by atoms with Crippen molar-refractivity contribution < 1.29 is 23.1 Å². The van der Waals surface area contributed by atoms with Gasteiger partial charge in [-0.1, -0.05) is 67.2 Å². The van der Waals surface area contributed by atoms with Gasteiger partial charge in [0.2, 0.25) is 10.0 Å². The normalized spacial score (nSPS) is 18.1. The van der Waals surface area contributed by atoms with Crippen LogP contribution >= 0.6 is 24.0 Å². The molecule has 1 N–H and O–H groups in total. The second-order valence-electron chi connectivity index (χ2n) is 9.22. The Balaban J connectivity index is 1.57. The standard InChI is InChI=1S/C27H26N4O5S3/c32-24(33)18-30-26(34)23(38-27(30)37)16-20-17-31(21-10-4-3-5-11-21)28-25(20)19-9-8-12-22(15-19)39(35,36)29-13-6-1-2-7-14-29/h3-5,8-12,15-17H,1-2,6-7,13-14,18H2,(H,32,33). The summed E-state index contributed by atoms with van der Waals surface area (Å²) < 4.78 is 30.4. The third-order valence-electron chi connectivity index (χ3n) is 6.53. The topological polar surface area (TPSA) is 113 Å². The molecule has 39 heavy (non-hydrogen) atoms. The van der Waals surface area contributed by atoms with Crippen LogP contribution in [0, 0.1) is 0 Å². The molecule has 2 aliphatic heterocycles. The highest BCUT2D eigenvalue weighted by Gasteiger charge is 2.34. The number of amides is 1. The van der Waals surface area contributed by atoms with E-state index in [0.29, 0.717) is 29.9 Å². The highest BCUT2D eigenvalue weighted by atomic mass is 32.2. The summed E-state index contributed by atoms with van der Waals surface area (Å²) in [6.45, 7) is 0.478. The number of thioether (sulfide) groups is 1. The Morgan fingerprint density at radius 3 is 2.46 bits per heavy atom. The number of aliphatic carboxylic acids is 1. The molecule has 5 rings (SSSR count). The summed E-state index contributed by atoms with van der Waals surface area (Å²) in [4.78, 5) is 25.7. The van der Waals surface area contributed by atoms with Gasteiger partial charge in [0, 0.05) is 30.4 Å².